The zero-order valence-electron chi connectivity index (χ0n) is 8.88. The molecule has 2 aromatic rings. The number of benzene rings is 2. The van der Waals surface area contributed by atoms with Gasteiger partial charge in [-0.05, 0) is 17.2 Å². The molecule has 0 bridgehead atoms. The minimum atomic E-state index is -1.19. The van der Waals surface area contributed by atoms with Crippen LogP contribution in [0.1, 0.15) is 5.56 Å². The van der Waals surface area contributed by atoms with Crippen molar-refractivity contribution in [3.63, 3.8) is 0 Å². The highest BCUT2D eigenvalue weighted by Crippen LogP contribution is 2.25. The molecule has 2 aromatic carbocycles. The molecule has 0 aliphatic rings. The summed E-state index contributed by atoms with van der Waals surface area (Å²) >= 11 is 0. The van der Waals surface area contributed by atoms with Gasteiger partial charge in [0.1, 0.15) is 5.82 Å². The number of hydrogen-bond donors (Lipinski definition) is 0. The summed E-state index contributed by atoms with van der Waals surface area (Å²) < 4.78 is 39.3. The first-order valence-electron chi connectivity index (χ1n) is 4.99. The average molecular weight is 234 g/mol. The summed E-state index contributed by atoms with van der Waals surface area (Å²) in [5.74, 6) is -3.03. The molecule has 0 atom stereocenters. The van der Waals surface area contributed by atoms with Crippen LogP contribution in [0.3, 0.4) is 0 Å². The number of hydrogen-bond acceptors (Lipinski definition) is 0. The highest BCUT2D eigenvalue weighted by Gasteiger charge is 2.11. The van der Waals surface area contributed by atoms with E-state index < -0.39 is 17.5 Å². The van der Waals surface area contributed by atoms with Gasteiger partial charge in [-0.15, -0.1) is 0 Å². The van der Waals surface area contributed by atoms with Crippen molar-refractivity contribution in [1.82, 2.24) is 0 Å². The minimum absolute atomic E-state index is 0.0412. The molecule has 0 heterocycles. The SMILES string of the molecule is C=Cc1ccc(-c2cc(F)c(F)cc2F)cc1. The highest BCUT2D eigenvalue weighted by atomic mass is 19.2. The van der Waals surface area contributed by atoms with Crippen LogP contribution in [-0.2, 0) is 0 Å². The molecule has 3 heteroatoms. The zero-order chi connectivity index (χ0) is 12.4. The van der Waals surface area contributed by atoms with E-state index in [0.717, 1.165) is 11.6 Å². The molecule has 17 heavy (non-hydrogen) atoms. The van der Waals surface area contributed by atoms with Gasteiger partial charge in [0.2, 0.25) is 0 Å². The predicted octanol–water partition coefficient (Wildman–Crippen LogP) is 4.41. The Hall–Kier alpha value is -2.03. The minimum Gasteiger partial charge on any atom is -0.206 e. The van der Waals surface area contributed by atoms with Crippen LogP contribution in [0.15, 0.2) is 43.0 Å². The highest BCUT2D eigenvalue weighted by molar-refractivity contribution is 5.66. The van der Waals surface area contributed by atoms with Gasteiger partial charge in [0.05, 0.1) is 0 Å². The van der Waals surface area contributed by atoms with E-state index in [1.807, 2.05) is 0 Å². The second kappa shape index (κ2) is 4.45. The molecular formula is C14H9F3. The van der Waals surface area contributed by atoms with E-state index in [4.69, 9.17) is 0 Å². The normalized spacial score (nSPS) is 10.3. The fourth-order valence-electron chi connectivity index (χ4n) is 1.54. The lowest BCUT2D eigenvalue weighted by Gasteiger charge is -2.05. The van der Waals surface area contributed by atoms with Gasteiger partial charge in [-0.2, -0.15) is 0 Å². The molecule has 0 aromatic heterocycles. The Kier molecular flexibility index (Phi) is 3.00. The fourth-order valence-corrected chi connectivity index (χ4v) is 1.54. The van der Waals surface area contributed by atoms with Crippen molar-refractivity contribution in [2.75, 3.05) is 0 Å². The fraction of sp³-hybridized carbons (Fsp3) is 0. The van der Waals surface area contributed by atoms with Gasteiger partial charge in [0.25, 0.3) is 0 Å². The van der Waals surface area contributed by atoms with E-state index in [1.54, 1.807) is 30.3 Å². The standard InChI is InChI=1S/C14H9F3/c1-2-9-3-5-10(6-4-9)11-7-13(16)14(17)8-12(11)15/h2-8H,1H2. The molecule has 0 N–H and O–H groups in total. The van der Waals surface area contributed by atoms with E-state index in [1.165, 1.54) is 0 Å². The molecule has 0 aliphatic heterocycles. The van der Waals surface area contributed by atoms with Gasteiger partial charge >= 0.3 is 0 Å². The lowest BCUT2D eigenvalue weighted by Crippen LogP contribution is -1.91. The van der Waals surface area contributed by atoms with Crippen molar-refractivity contribution in [1.29, 1.82) is 0 Å². The topological polar surface area (TPSA) is 0 Å². The molecular weight excluding hydrogens is 225 g/mol. The second-order valence-electron chi connectivity index (χ2n) is 3.57. The van der Waals surface area contributed by atoms with E-state index in [-0.39, 0.29) is 5.56 Å². The lowest BCUT2D eigenvalue weighted by atomic mass is 10.0. The zero-order valence-corrected chi connectivity index (χ0v) is 8.88. The van der Waals surface area contributed by atoms with Crippen LogP contribution in [0.5, 0.6) is 0 Å². The van der Waals surface area contributed by atoms with Crippen molar-refractivity contribution < 1.29 is 13.2 Å². The van der Waals surface area contributed by atoms with Gasteiger partial charge < -0.3 is 0 Å². The quantitative estimate of drug-likeness (QED) is 0.675. The van der Waals surface area contributed by atoms with Crippen LogP contribution in [0.2, 0.25) is 0 Å². The second-order valence-corrected chi connectivity index (χ2v) is 3.57. The summed E-state index contributed by atoms with van der Waals surface area (Å²) in [6.07, 6.45) is 1.64. The Morgan fingerprint density at radius 1 is 0.824 bits per heavy atom. The molecule has 0 aliphatic carbocycles. The van der Waals surface area contributed by atoms with Crippen molar-refractivity contribution in [2.24, 2.45) is 0 Å². The summed E-state index contributed by atoms with van der Waals surface area (Å²) in [5, 5.41) is 0. The molecule has 0 nitrogen and oxygen atoms in total. The van der Waals surface area contributed by atoms with Crippen molar-refractivity contribution in [3.05, 3.63) is 66.0 Å². The van der Waals surface area contributed by atoms with Crippen molar-refractivity contribution >= 4 is 6.08 Å². The van der Waals surface area contributed by atoms with Crippen LogP contribution in [0.4, 0.5) is 13.2 Å². The molecule has 0 spiro atoms. The van der Waals surface area contributed by atoms with Gasteiger partial charge in [-0.25, -0.2) is 13.2 Å². The molecule has 86 valence electrons. The van der Waals surface area contributed by atoms with E-state index in [2.05, 4.69) is 6.58 Å². The van der Waals surface area contributed by atoms with E-state index in [9.17, 15) is 13.2 Å². The maximum absolute atomic E-state index is 13.5. The first-order valence-corrected chi connectivity index (χ1v) is 4.99. The van der Waals surface area contributed by atoms with Crippen LogP contribution in [-0.4, -0.2) is 0 Å². The summed E-state index contributed by atoms with van der Waals surface area (Å²) in [5.41, 5.74) is 1.41. The first kappa shape index (κ1) is 11.5. The summed E-state index contributed by atoms with van der Waals surface area (Å²) in [6.45, 7) is 3.59. The van der Waals surface area contributed by atoms with E-state index in [0.29, 0.717) is 11.6 Å². The van der Waals surface area contributed by atoms with Crippen LogP contribution in [0.25, 0.3) is 17.2 Å². The summed E-state index contributed by atoms with van der Waals surface area (Å²) in [7, 11) is 0. The molecule has 0 amide bonds. The third-order valence-electron chi connectivity index (χ3n) is 2.47. The van der Waals surface area contributed by atoms with Gasteiger partial charge in [0, 0.05) is 11.6 Å². The molecule has 0 saturated heterocycles. The van der Waals surface area contributed by atoms with Crippen molar-refractivity contribution in [3.8, 4) is 11.1 Å². The number of halogens is 3. The first-order chi connectivity index (χ1) is 8.11. The Morgan fingerprint density at radius 3 is 2.00 bits per heavy atom. The molecule has 0 fully saturated rings. The molecule has 2 rings (SSSR count). The Bertz CT molecular complexity index is 556. The summed E-state index contributed by atoms with van der Waals surface area (Å²) in [4.78, 5) is 0. The smallest absolute Gasteiger partial charge is 0.161 e. The van der Waals surface area contributed by atoms with Gasteiger partial charge in [-0.1, -0.05) is 36.9 Å². The maximum atomic E-state index is 13.5. The molecule has 0 radical (unpaired) electrons. The average Bonchev–Trinajstić information content (AvgIpc) is 2.34. The molecule has 0 saturated carbocycles. The Balaban J connectivity index is 2.52. The summed E-state index contributed by atoms with van der Waals surface area (Å²) in [6, 6.07) is 8.12. The van der Waals surface area contributed by atoms with Crippen LogP contribution >= 0.6 is 0 Å². The van der Waals surface area contributed by atoms with Crippen molar-refractivity contribution in [2.45, 2.75) is 0 Å². The molecule has 0 unspecified atom stereocenters. The third-order valence-corrected chi connectivity index (χ3v) is 2.47. The van der Waals surface area contributed by atoms with Crippen LogP contribution in [0, 0.1) is 17.5 Å². The Morgan fingerprint density at radius 2 is 1.41 bits per heavy atom. The van der Waals surface area contributed by atoms with Gasteiger partial charge in [-0.3, -0.25) is 0 Å². The number of rotatable bonds is 2. The Labute approximate surface area is 97.0 Å². The van der Waals surface area contributed by atoms with Crippen LogP contribution < -0.4 is 0 Å². The largest absolute Gasteiger partial charge is 0.206 e. The maximum Gasteiger partial charge on any atom is 0.161 e. The monoisotopic (exact) mass is 234 g/mol. The van der Waals surface area contributed by atoms with E-state index >= 15 is 0 Å². The van der Waals surface area contributed by atoms with Gasteiger partial charge in [0.15, 0.2) is 11.6 Å². The lowest BCUT2D eigenvalue weighted by molar-refractivity contribution is 0.496. The third kappa shape index (κ3) is 2.23. The predicted molar refractivity (Wildman–Crippen MR) is 61.8 cm³/mol.